The molecule has 0 saturated heterocycles. The Kier molecular flexibility index (Phi) is 7.20. The van der Waals surface area contributed by atoms with Crippen molar-refractivity contribution in [1.82, 2.24) is 5.43 Å². The van der Waals surface area contributed by atoms with Crippen molar-refractivity contribution in [3.63, 3.8) is 0 Å². The van der Waals surface area contributed by atoms with Crippen molar-refractivity contribution in [2.75, 3.05) is 0 Å². The maximum absolute atomic E-state index is 12.3. The third-order valence-corrected chi connectivity index (χ3v) is 5.18. The van der Waals surface area contributed by atoms with E-state index in [0.717, 1.165) is 10.8 Å². The minimum atomic E-state index is -0.730. The summed E-state index contributed by atoms with van der Waals surface area (Å²) >= 11 is 5.90. The molecule has 6 nitrogen and oxygen atoms in total. The van der Waals surface area contributed by atoms with Gasteiger partial charge in [-0.1, -0.05) is 48.0 Å². The summed E-state index contributed by atoms with van der Waals surface area (Å²) in [5, 5.41) is 6.57. The second-order valence-corrected chi connectivity index (χ2v) is 7.91. The number of halogens is 1. The summed E-state index contributed by atoms with van der Waals surface area (Å²) in [6.07, 6.45) is 0.759. The van der Waals surface area contributed by atoms with Crippen LogP contribution in [0.5, 0.6) is 11.5 Å². The molecule has 4 aromatic rings. The molecule has 0 bridgehead atoms. The fourth-order valence-corrected chi connectivity index (χ4v) is 3.35. The van der Waals surface area contributed by atoms with E-state index in [0.29, 0.717) is 27.6 Å². The van der Waals surface area contributed by atoms with Gasteiger partial charge in [-0.2, -0.15) is 5.10 Å². The van der Waals surface area contributed by atoms with Gasteiger partial charge < -0.3 is 9.47 Å². The maximum Gasteiger partial charge on any atom is 0.343 e. The van der Waals surface area contributed by atoms with Gasteiger partial charge >= 0.3 is 5.97 Å². The summed E-state index contributed by atoms with van der Waals surface area (Å²) in [5.41, 5.74) is 3.55. The highest BCUT2D eigenvalue weighted by atomic mass is 35.5. The number of rotatable bonds is 7. The molecule has 0 fully saturated rings. The molecule has 0 aliphatic carbocycles. The van der Waals surface area contributed by atoms with Crippen LogP contribution >= 0.6 is 11.6 Å². The molecular weight excluding hydrogens is 452 g/mol. The van der Waals surface area contributed by atoms with E-state index in [-0.39, 0.29) is 5.91 Å². The van der Waals surface area contributed by atoms with Crippen LogP contribution in [0.3, 0.4) is 0 Å². The molecule has 0 saturated carbocycles. The van der Waals surface area contributed by atoms with Gasteiger partial charge in [0.25, 0.3) is 5.91 Å². The molecule has 4 rings (SSSR count). The number of fused-ring (bicyclic) bond motifs is 1. The lowest BCUT2D eigenvalue weighted by Crippen LogP contribution is -2.33. The molecule has 1 amide bonds. The Labute approximate surface area is 201 Å². The van der Waals surface area contributed by atoms with E-state index in [9.17, 15) is 9.59 Å². The van der Waals surface area contributed by atoms with Crippen LogP contribution in [-0.4, -0.2) is 24.2 Å². The van der Waals surface area contributed by atoms with E-state index >= 15 is 0 Å². The monoisotopic (exact) mass is 472 g/mol. The van der Waals surface area contributed by atoms with Crippen LogP contribution in [0.4, 0.5) is 0 Å². The molecule has 0 aliphatic rings. The number of hydrogen-bond donors (Lipinski definition) is 1. The number of carbonyl (C=O) groups is 2. The zero-order chi connectivity index (χ0) is 23.9. The average Bonchev–Trinajstić information content (AvgIpc) is 2.85. The first-order valence-corrected chi connectivity index (χ1v) is 10.9. The molecule has 4 aromatic carbocycles. The molecule has 0 spiro atoms. The van der Waals surface area contributed by atoms with Crippen molar-refractivity contribution in [3.05, 3.63) is 107 Å². The topological polar surface area (TPSA) is 77.0 Å². The Morgan fingerprint density at radius 1 is 0.882 bits per heavy atom. The number of benzene rings is 4. The van der Waals surface area contributed by atoms with Crippen molar-refractivity contribution < 1.29 is 19.1 Å². The number of hydrazone groups is 1. The first-order chi connectivity index (χ1) is 16.5. The van der Waals surface area contributed by atoms with Crippen molar-refractivity contribution in [1.29, 1.82) is 0 Å². The number of ether oxygens (including phenoxy) is 2. The molecule has 1 N–H and O–H groups in total. The number of amides is 1. The summed E-state index contributed by atoms with van der Waals surface area (Å²) < 4.78 is 11.1. The Balaban J connectivity index is 1.29. The minimum absolute atomic E-state index is 0.362. The zero-order valence-corrected chi connectivity index (χ0v) is 19.0. The highest BCUT2D eigenvalue weighted by Crippen LogP contribution is 2.21. The van der Waals surface area contributed by atoms with Crippen LogP contribution < -0.4 is 14.9 Å². The molecule has 1 unspecified atom stereocenters. The molecule has 170 valence electrons. The van der Waals surface area contributed by atoms with Crippen LogP contribution in [0.1, 0.15) is 22.8 Å². The van der Waals surface area contributed by atoms with Gasteiger partial charge in [0.2, 0.25) is 0 Å². The van der Waals surface area contributed by atoms with E-state index in [1.807, 2.05) is 42.5 Å². The van der Waals surface area contributed by atoms with E-state index in [2.05, 4.69) is 10.5 Å². The van der Waals surface area contributed by atoms with Crippen LogP contribution in [0.25, 0.3) is 10.8 Å². The predicted octanol–water partition coefficient (Wildman–Crippen LogP) is 5.63. The molecule has 34 heavy (non-hydrogen) atoms. The number of hydrogen-bond acceptors (Lipinski definition) is 5. The van der Waals surface area contributed by atoms with E-state index in [4.69, 9.17) is 21.1 Å². The van der Waals surface area contributed by atoms with Crippen LogP contribution in [-0.2, 0) is 4.79 Å². The van der Waals surface area contributed by atoms with Gasteiger partial charge in [-0.15, -0.1) is 0 Å². The van der Waals surface area contributed by atoms with Gasteiger partial charge in [-0.25, -0.2) is 10.2 Å². The number of carbonyl (C=O) groups excluding carboxylic acids is 2. The molecular formula is C27H21ClN2O4. The van der Waals surface area contributed by atoms with Gasteiger partial charge in [-0.3, -0.25) is 4.79 Å². The van der Waals surface area contributed by atoms with E-state index < -0.39 is 12.1 Å². The van der Waals surface area contributed by atoms with Crippen LogP contribution in [0.15, 0.2) is 96.1 Å². The summed E-state index contributed by atoms with van der Waals surface area (Å²) in [5.74, 6) is 0.102. The highest BCUT2D eigenvalue weighted by molar-refractivity contribution is 6.30. The fraction of sp³-hybridized carbons (Fsp3) is 0.0741. The van der Waals surface area contributed by atoms with Crippen molar-refractivity contribution >= 4 is 40.5 Å². The zero-order valence-electron chi connectivity index (χ0n) is 18.3. The SMILES string of the molecule is CC(Oc1ccc2ccccc2c1)C(=O)NN=Cc1ccc(OC(=O)c2cccc(Cl)c2)cc1. The summed E-state index contributed by atoms with van der Waals surface area (Å²) in [6.45, 7) is 1.66. The van der Waals surface area contributed by atoms with E-state index in [1.54, 1.807) is 49.4 Å². The van der Waals surface area contributed by atoms with Crippen molar-refractivity contribution in [3.8, 4) is 11.5 Å². The quantitative estimate of drug-likeness (QED) is 0.164. The third-order valence-electron chi connectivity index (χ3n) is 4.94. The lowest BCUT2D eigenvalue weighted by molar-refractivity contribution is -0.127. The first-order valence-electron chi connectivity index (χ1n) is 10.5. The standard InChI is InChI=1S/C27H21ClN2O4/c1-18(33-25-14-11-20-5-2-3-6-21(20)16-25)26(31)30-29-17-19-9-12-24(13-10-19)34-27(32)22-7-4-8-23(28)15-22/h2-18H,1H3,(H,30,31). The second kappa shape index (κ2) is 10.6. The van der Waals surface area contributed by atoms with Gasteiger partial charge in [0, 0.05) is 5.02 Å². The average molecular weight is 473 g/mol. The van der Waals surface area contributed by atoms with Crippen LogP contribution in [0, 0.1) is 0 Å². The Morgan fingerprint density at radius 3 is 2.38 bits per heavy atom. The number of nitrogens with one attached hydrogen (secondary N) is 1. The maximum atomic E-state index is 12.3. The van der Waals surface area contributed by atoms with E-state index in [1.165, 1.54) is 12.3 Å². The lowest BCUT2D eigenvalue weighted by Gasteiger charge is -2.13. The largest absolute Gasteiger partial charge is 0.481 e. The van der Waals surface area contributed by atoms with Crippen molar-refractivity contribution in [2.45, 2.75) is 13.0 Å². The number of esters is 1. The highest BCUT2D eigenvalue weighted by Gasteiger charge is 2.14. The molecule has 0 aromatic heterocycles. The summed E-state index contributed by atoms with van der Waals surface area (Å²) in [7, 11) is 0. The van der Waals surface area contributed by atoms with Gasteiger partial charge in [0.15, 0.2) is 6.10 Å². The first kappa shape index (κ1) is 23.0. The molecule has 1 atom stereocenters. The van der Waals surface area contributed by atoms with Gasteiger partial charge in [-0.05, 0) is 77.9 Å². The Hall–Kier alpha value is -4.16. The van der Waals surface area contributed by atoms with Gasteiger partial charge in [0.05, 0.1) is 11.8 Å². The molecule has 0 aliphatic heterocycles. The molecule has 0 radical (unpaired) electrons. The normalized spacial score (nSPS) is 11.8. The summed E-state index contributed by atoms with van der Waals surface area (Å²) in [6, 6.07) is 26.8. The molecule has 0 heterocycles. The minimum Gasteiger partial charge on any atom is -0.481 e. The fourth-order valence-electron chi connectivity index (χ4n) is 3.16. The predicted molar refractivity (Wildman–Crippen MR) is 133 cm³/mol. The third kappa shape index (κ3) is 5.99. The molecule has 7 heteroatoms. The summed E-state index contributed by atoms with van der Waals surface area (Å²) in [4.78, 5) is 24.5. The van der Waals surface area contributed by atoms with Crippen molar-refractivity contribution in [2.24, 2.45) is 5.10 Å². The Bertz CT molecular complexity index is 1350. The second-order valence-electron chi connectivity index (χ2n) is 7.47. The van der Waals surface area contributed by atoms with Gasteiger partial charge in [0.1, 0.15) is 11.5 Å². The Morgan fingerprint density at radius 2 is 1.62 bits per heavy atom. The lowest BCUT2D eigenvalue weighted by atomic mass is 10.1. The van der Waals surface area contributed by atoms with Crippen LogP contribution in [0.2, 0.25) is 5.02 Å². The smallest absolute Gasteiger partial charge is 0.343 e. The number of nitrogens with zero attached hydrogens (tertiary/aromatic N) is 1.